The maximum Gasteiger partial charge on any atom is 0.230 e. The minimum Gasteiger partial charge on any atom is -0.496 e. The number of fused-ring (bicyclic) bond motifs is 1. The number of benzene rings is 2. The average molecular weight is 526 g/mol. The fourth-order valence-corrected chi connectivity index (χ4v) is 6.02. The molecule has 7 nitrogen and oxygen atoms in total. The fourth-order valence-electron chi connectivity index (χ4n) is 5.85. The van der Waals surface area contributed by atoms with E-state index in [1.54, 1.807) is 25.1 Å². The number of anilines is 1. The maximum atomic E-state index is 12.9. The van der Waals surface area contributed by atoms with Crippen LogP contribution in [0, 0.1) is 5.92 Å². The van der Waals surface area contributed by atoms with Crippen LogP contribution in [0.3, 0.4) is 0 Å². The van der Waals surface area contributed by atoms with E-state index in [0.29, 0.717) is 42.3 Å². The number of amides is 2. The highest BCUT2D eigenvalue weighted by molar-refractivity contribution is 6.31. The van der Waals surface area contributed by atoms with Gasteiger partial charge in [0.05, 0.1) is 18.4 Å². The second-order valence-corrected chi connectivity index (χ2v) is 10.8. The second kappa shape index (κ2) is 10.9. The van der Waals surface area contributed by atoms with Crippen molar-refractivity contribution in [2.75, 3.05) is 39.7 Å². The number of hydrogen-bond acceptors (Lipinski definition) is 5. The summed E-state index contributed by atoms with van der Waals surface area (Å²) in [6.07, 6.45) is 3.92. The normalized spacial score (nSPS) is 23.8. The lowest BCUT2D eigenvalue weighted by Crippen LogP contribution is -2.50. The van der Waals surface area contributed by atoms with Crippen LogP contribution in [-0.2, 0) is 15.2 Å². The van der Waals surface area contributed by atoms with Gasteiger partial charge in [0, 0.05) is 55.0 Å². The number of nitrogens with one attached hydrogen (secondary N) is 1. The monoisotopic (exact) mass is 525 g/mol. The molecule has 37 heavy (non-hydrogen) atoms. The maximum absolute atomic E-state index is 12.9. The predicted octanol–water partition coefficient (Wildman–Crippen LogP) is 4.20. The highest BCUT2D eigenvalue weighted by Crippen LogP contribution is 2.49. The molecule has 1 aliphatic heterocycles. The van der Waals surface area contributed by atoms with E-state index in [1.165, 1.54) is 6.92 Å². The van der Waals surface area contributed by atoms with Gasteiger partial charge in [0.1, 0.15) is 5.75 Å². The van der Waals surface area contributed by atoms with E-state index in [2.05, 4.69) is 10.2 Å². The van der Waals surface area contributed by atoms with Gasteiger partial charge in [-0.25, -0.2) is 0 Å². The first-order chi connectivity index (χ1) is 17.5. The van der Waals surface area contributed by atoms with Gasteiger partial charge in [-0.05, 0) is 62.7 Å². The van der Waals surface area contributed by atoms with Gasteiger partial charge < -0.3 is 25.0 Å². The van der Waals surface area contributed by atoms with E-state index >= 15 is 0 Å². The summed E-state index contributed by atoms with van der Waals surface area (Å²) in [5.41, 5.74) is 2.77. The van der Waals surface area contributed by atoms with Crippen molar-refractivity contribution in [2.45, 2.75) is 44.2 Å². The Bertz CT molecular complexity index is 1230. The quantitative estimate of drug-likeness (QED) is 0.590. The lowest BCUT2D eigenvalue weighted by Gasteiger charge is -2.45. The molecule has 2 aromatic rings. The summed E-state index contributed by atoms with van der Waals surface area (Å²) in [6, 6.07) is 11.3. The number of ether oxygens (including phenoxy) is 1. The molecular weight excluding hydrogens is 490 g/mol. The van der Waals surface area contributed by atoms with Crippen molar-refractivity contribution in [3.63, 3.8) is 0 Å². The Morgan fingerprint density at radius 3 is 2.73 bits per heavy atom. The first-order valence-electron chi connectivity index (χ1n) is 12.6. The fraction of sp³-hybridized carbons (Fsp3) is 0.448. The van der Waals surface area contributed by atoms with Gasteiger partial charge in [0.2, 0.25) is 11.8 Å². The Morgan fingerprint density at radius 2 is 2.05 bits per heavy atom. The third-order valence-electron chi connectivity index (χ3n) is 7.56. The number of methoxy groups -OCH3 is 1. The summed E-state index contributed by atoms with van der Waals surface area (Å²) in [6.45, 7) is 2.18. The number of rotatable bonds is 6. The van der Waals surface area contributed by atoms with E-state index in [0.717, 1.165) is 22.3 Å². The molecule has 3 unspecified atom stereocenters. The molecular formula is C29H36ClN3O4. The van der Waals surface area contributed by atoms with Crippen LogP contribution in [0.1, 0.15) is 49.3 Å². The molecule has 0 aromatic heterocycles. The van der Waals surface area contributed by atoms with Crippen LogP contribution < -0.4 is 15.0 Å². The Morgan fingerprint density at radius 1 is 1.30 bits per heavy atom. The van der Waals surface area contributed by atoms with E-state index < -0.39 is 5.60 Å². The molecule has 4 rings (SSSR count). The van der Waals surface area contributed by atoms with Crippen molar-refractivity contribution in [1.29, 1.82) is 0 Å². The smallest absolute Gasteiger partial charge is 0.230 e. The van der Waals surface area contributed by atoms with Gasteiger partial charge in [-0.1, -0.05) is 35.9 Å². The highest BCUT2D eigenvalue weighted by atomic mass is 35.5. The van der Waals surface area contributed by atoms with Crippen molar-refractivity contribution in [2.24, 2.45) is 5.92 Å². The number of carbonyl (C=O) groups excluding carboxylic acids is 2. The highest BCUT2D eigenvalue weighted by Gasteiger charge is 2.46. The van der Waals surface area contributed by atoms with Crippen molar-refractivity contribution >= 4 is 34.7 Å². The Labute approximate surface area is 224 Å². The van der Waals surface area contributed by atoms with Crippen LogP contribution in [-0.4, -0.2) is 62.7 Å². The van der Waals surface area contributed by atoms with Crippen LogP contribution in [0.25, 0.3) is 5.57 Å². The SMILES string of the molecule is COc1cccc(C2(O)CCC(NC(C)=O)CC2CN(C)C)c1C1=CCC(=O)N(C)c2cc(Cl)ccc21. The lowest BCUT2D eigenvalue weighted by atomic mass is 9.67. The summed E-state index contributed by atoms with van der Waals surface area (Å²) >= 11 is 6.33. The molecule has 1 heterocycles. The van der Waals surface area contributed by atoms with Crippen molar-refractivity contribution < 1.29 is 19.4 Å². The first kappa shape index (κ1) is 27.2. The van der Waals surface area contributed by atoms with Crippen LogP contribution in [0.4, 0.5) is 5.69 Å². The molecule has 198 valence electrons. The minimum atomic E-state index is -1.17. The molecule has 1 aliphatic carbocycles. The van der Waals surface area contributed by atoms with Gasteiger partial charge in [-0.15, -0.1) is 0 Å². The number of aliphatic hydroxyl groups is 1. The van der Waals surface area contributed by atoms with E-state index in [9.17, 15) is 14.7 Å². The van der Waals surface area contributed by atoms with Gasteiger partial charge in [-0.3, -0.25) is 9.59 Å². The zero-order valence-corrected chi connectivity index (χ0v) is 22.9. The molecule has 2 amide bonds. The molecule has 2 aromatic carbocycles. The summed E-state index contributed by atoms with van der Waals surface area (Å²) in [7, 11) is 7.35. The Balaban J connectivity index is 1.90. The van der Waals surface area contributed by atoms with Crippen LogP contribution in [0.5, 0.6) is 5.75 Å². The van der Waals surface area contributed by atoms with Gasteiger partial charge in [0.25, 0.3) is 0 Å². The molecule has 2 N–H and O–H groups in total. The summed E-state index contributed by atoms with van der Waals surface area (Å²) in [5, 5.41) is 16.1. The number of halogens is 1. The molecule has 1 fully saturated rings. The van der Waals surface area contributed by atoms with Crippen LogP contribution in [0.15, 0.2) is 42.5 Å². The zero-order chi connectivity index (χ0) is 26.9. The van der Waals surface area contributed by atoms with E-state index in [4.69, 9.17) is 16.3 Å². The van der Waals surface area contributed by atoms with Crippen molar-refractivity contribution in [3.8, 4) is 5.75 Å². The number of hydrogen-bond donors (Lipinski definition) is 2. The summed E-state index contributed by atoms with van der Waals surface area (Å²) in [4.78, 5) is 28.4. The lowest BCUT2D eigenvalue weighted by molar-refractivity contribution is -0.121. The average Bonchev–Trinajstić information content (AvgIpc) is 2.96. The van der Waals surface area contributed by atoms with Crippen LogP contribution >= 0.6 is 11.6 Å². The first-order valence-corrected chi connectivity index (χ1v) is 13.0. The Kier molecular flexibility index (Phi) is 7.97. The molecule has 0 bridgehead atoms. The molecule has 0 saturated heterocycles. The molecule has 3 atom stereocenters. The molecule has 0 radical (unpaired) electrons. The second-order valence-electron chi connectivity index (χ2n) is 10.4. The third kappa shape index (κ3) is 5.40. The van der Waals surface area contributed by atoms with Gasteiger partial charge in [0.15, 0.2) is 0 Å². The van der Waals surface area contributed by atoms with Gasteiger partial charge in [-0.2, -0.15) is 0 Å². The third-order valence-corrected chi connectivity index (χ3v) is 7.79. The van der Waals surface area contributed by atoms with E-state index in [1.807, 2.05) is 50.5 Å². The van der Waals surface area contributed by atoms with Crippen molar-refractivity contribution in [1.82, 2.24) is 10.2 Å². The zero-order valence-electron chi connectivity index (χ0n) is 22.2. The summed E-state index contributed by atoms with van der Waals surface area (Å²) < 4.78 is 5.85. The summed E-state index contributed by atoms with van der Waals surface area (Å²) in [5.74, 6) is 0.380. The van der Waals surface area contributed by atoms with Crippen molar-refractivity contribution in [3.05, 3.63) is 64.2 Å². The Hall–Kier alpha value is -2.87. The largest absolute Gasteiger partial charge is 0.496 e. The minimum absolute atomic E-state index is 0.00279. The molecule has 8 heteroatoms. The molecule has 1 saturated carbocycles. The van der Waals surface area contributed by atoms with Gasteiger partial charge >= 0.3 is 0 Å². The standard InChI is InChI=1S/C29H36ClN3O4/c1-18(34)31-21-13-14-29(36,19(15-21)17-32(2)3)24-7-6-8-26(37-5)28(24)23-11-12-27(35)33(4)25-16-20(30)9-10-22(23)25/h6-11,16,19,21,36H,12-15,17H2,1-5H3,(H,31,34). The number of carbonyl (C=O) groups is 2. The van der Waals surface area contributed by atoms with Crippen LogP contribution in [0.2, 0.25) is 5.02 Å². The molecule has 0 spiro atoms. The molecule has 2 aliphatic rings. The topological polar surface area (TPSA) is 82.1 Å². The predicted molar refractivity (Wildman–Crippen MR) is 147 cm³/mol. The number of nitrogens with zero attached hydrogens (tertiary/aromatic N) is 2. The van der Waals surface area contributed by atoms with E-state index in [-0.39, 0.29) is 30.2 Å².